The van der Waals surface area contributed by atoms with Crippen molar-refractivity contribution in [2.24, 2.45) is 0 Å². The molecule has 2 nitrogen and oxygen atoms in total. The van der Waals surface area contributed by atoms with Crippen molar-refractivity contribution in [1.29, 1.82) is 0 Å². The van der Waals surface area contributed by atoms with Gasteiger partial charge in [-0.3, -0.25) is 4.79 Å². The Morgan fingerprint density at radius 1 is 1.40 bits per heavy atom. The van der Waals surface area contributed by atoms with Gasteiger partial charge in [-0.05, 0) is 12.1 Å². The fourth-order valence-electron chi connectivity index (χ4n) is 1.10. The Kier molecular flexibility index (Phi) is 3.55. The van der Waals surface area contributed by atoms with Crippen molar-refractivity contribution in [3.8, 4) is 0 Å². The van der Waals surface area contributed by atoms with Crippen molar-refractivity contribution >= 4 is 5.78 Å². The van der Waals surface area contributed by atoms with Gasteiger partial charge in [-0.15, -0.1) is 0 Å². The van der Waals surface area contributed by atoms with Gasteiger partial charge in [0.15, 0.2) is 11.5 Å². The molecule has 0 aromatic carbocycles. The minimum atomic E-state index is -4.30. The molecule has 0 spiro atoms. The molecule has 0 unspecified atom stereocenters. The van der Waals surface area contributed by atoms with Crippen LogP contribution in [-0.2, 0) is 6.42 Å². The zero-order chi connectivity index (χ0) is 11.5. The van der Waals surface area contributed by atoms with Crippen LogP contribution >= 0.6 is 0 Å². The summed E-state index contributed by atoms with van der Waals surface area (Å²) in [4.78, 5) is 11.2. The van der Waals surface area contributed by atoms with Gasteiger partial charge in [-0.2, -0.15) is 13.2 Å². The molecule has 0 aliphatic heterocycles. The second-order valence-corrected chi connectivity index (χ2v) is 3.16. The standard InChI is InChI=1S/C10H11F3O2/c1-2-7-3-4-9(15-7)8(14)5-6-10(11,12)13/h3-4H,2,5-6H2,1H3. The van der Waals surface area contributed by atoms with Crippen molar-refractivity contribution < 1.29 is 22.4 Å². The van der Waals surface area contributed by atoms with E-state index in [1.54, 1.807) is 6.07 Å². The minimum Gasteiger partial charge on any atom is -0.458 e. The SMILES string of the molecule is CCc1ccc(C(=O)CCC(F)(F)F)o1. The zero-order valence-corrected chi connectivity index (χ0v) is 8.23. The van der Waals surface area contributed by atoms with Crippen molar-refractivity contribution in [1.82, 2.24) is 0 Å². The number of alkyl halides is 3. The predicted octanol–water partition coefficient (Wildman–Crippen LogP) is 3.37. The lowest BCUT2D eigenvalue weighted by Crippen LogP contribution is -2.10. The number of ketones is 1. The fraction of sp³-hybridized carbons (Fsp3) is 0.500. The Morgan fingerprint density at radius 3 is 2.53 bits per heavy atom. The summed E-state index contributed by atoms with van der Waals surface area (Å²) in [6.07, 6.45) is -5.34. The van der Waals surface area contributed by atoms with E-state index in [9.17, 15) is 18.0 Å². The van der Waals surface area contributed by atoms with E-state index >= 15 is 0 Å². The Morgan fingerprint density at radius 2 is 2.07 bits per heavy atom. The van der Waals surface area contributed by atoms with Crippen molar-refractivity contribution in [2.45, 2.75) is 32.4 Å². The van der Waals surface area contributed by atoms with E-state index in [0.717, 1.165) is 0 Å². The third kappa shape index (κ3) is 3.77. The molecule has 0 saturated heterocycles. The van der Waals surface area contributed by atoms with E-state index < -0.39 is 24.8 Å². The normalized spacial score (nSPS) is 11.7. The van der Waals surface area contributed by atoms with Gasteiger partial charge in [-0.1, -0.05) is 6.92 Å². The highest BCUT2D eigenvalue weighted by Gasteiger charge is 2.28. The first-order chi connectivity index (χ1) is 6.92. The molecule has 0 amide bonds. The van der Waals surface area contributed by atoms with E-state index in [4.69, 9.17) is 4.42 Å². The second-order valence-electron chi connectivity index (χ2n) is 3.16. The molecule has 84 valence electrons. The Labute approximate surface area is 85.1 Å². The van der Waals surface area contributed by atoms with Crippen LogP contribution in [0.5, 0.6) is 0 Å². The van der Waals surface area contributed by atoms with Crippen LogP contribution in [0.15, 0.2) is 16.5 Å². The molecule has 0 atom stereocenters. The predicted molar refractivity (Wildman–Crippen MR) is 47.7 cm³/mol. The third-order valence-electron chi connectivity index (χ3n) is 1.92. The number of hydrogen-bond donors (Lipinski definition) is 0. The molecule has 1 aromatic heterocycles. The number of hydrogen-bond acceptors (Lipinski definition) is 2. The molecule has 0 aliphatic rings. The van der Waals surface area contributed by atoms with Crippen molar-refractivity contribution in [3.63, 3.8) is 0 Å². The highest BCUT2D eigenvalue weighted by atomic mass is 19.4. The van der Waals surface area contributed by atoms with Gasteiger partial charge in [0.25, 0.3) is 0 Å². The largest absolute Gasteiger partial charge is 0.458 e. The summed E-state index contributed by atoms with van der Waals surface area (Å²) >= 11 is 0. The van der Waals surface area contributed by atoms with E-state index in [2.05, 4.69) is 0 Å². The second kappa shape index (κ2) is 4.51. The maximum absolute atomic E-state index is 11.8. The van der Waals surface area contributed by atoms with Crippen LogP contribution in [-0.4, -0.2) is 12.0 Å². The number of rotatable bonds is 4. The van der Waals surface area contributed by atoms with Crippen LogP contribution in [0.2, 0.25) is 0 Å². The van der Waals surface area contributed by atoms with Crippen LogP contribution in [0.3, 0.4) is 0 Å². The van der Waals surface area contributed by atoms with Gasteiger partial charge in [0.05, 0.1) is 6.42 Å². The molecular weight excluding hydrogens is 209 g/mol. The summed E-state index contributed by atoms with van der Waals surface area (Å²) < 4.78 is 40.5. The number of aryl methyl sites for hydroxylation is 1. The number of furan rings is 1. The lowest BCUT2D eigenvalue weighted by atomic mass is 10.2. The monoisotopic (exact) mass is 220 g/mol. The zero-order valence-electron chi connectivity index (χ0n) is 8.23. The van der Waals surface area contributed by atoms with Crippen LogP contribution in [0, 0.1) is 0 Å². The summed E-state index contributed by atoms with van der Waals surface area (Å²) in [7, 11) is 0. The number of carbonyl (C=O) groups excluding carboxylic acids is 1. The number of halogens is 3. The first-order valence-electron chi connectivity index (χ1n) is 4.61. The van der Waals surface area contributed by atoms with E-state index in [1.165, 1.54) is 6.07 Å². The Balaban J connectivity index is 2.54. The van der Waals surface area contributed by atoms with Crippen LogP contribution in [0.1, 0.15) is 36.1 Å². The molecular formula is C10H11F3O2. The maximum Gasteiger partial charge on any atom is 0.389 e. The van der Waals surface area contributed by atoms with Crippen LogP contribution in [0.4, 0.5) is 13.2 Å². The van der Waals surface area contributed by atoms with E-state index in [1.807, 2.05) is 6.92 Å². The van der Waals surface area contributed by atoms with E-state index in [0.29, 0.717) is 12.2 Å². The van der Waals surface area contributed by atoms with Gasteiger partial charge in [0.2, 0.25) is 0 Å². The first kappa shape index (κ1) is 11.8. The highest BCUT2D eigenvalue weighted by molar-refractivity contribution is 5.93. The lowest BCUT2D eigenvalue weighted by molar-refractivity contribution is -0.133. The molecule has 0 fully saturated rings. The molecule has 0 aliphatic carbocycles. The maximum atomic E-state index is 11.8. The topological polar surface area (TPSA) is 30.2 Å². The van der Waals surface area contributed by atoms with Gasteiger partial charge >= 0.3 is 6.18 Å². The summed E-state index contributed by atoms with van der Waals surface area (Å²) in [6.45, 7) is 1.84. The average Bonchev–Trinajstić information content (AvgIpc) is 2.61. The third-order valence-corrected chi connectivity index (χ3v) is 1.92. The fourth-order valence-corrected chi connectivity index (χ4v) is 1.10. The molecule has 1 heterocycles. The van der Waals surface area contributed by atoms with Crippen molar-refractivity contribution in [2.75, 3.05) is 0 Å². The van der Waals surface area contributed by atoms with Crippen LogP contribution in [0.25, 0.3) is 0 Å². The summed E-state index contributed by atoms with van der Waals surface area (Å²) in [6, 6.07) is 3.01. The summed E-state index contributed by atoms with van der Waals surface area (Å²) in [5, 5.41) is 0. The Hall–Kier alpha value is -1.26. The molecule has 1 rings (SSSR count). The molecule has 15 heavy (non-hydrogen) atoms. The molecule has 0 radical (unpaired) electrons. The first-order valence-corrected chi connectivity index (χ1v) is 4.61. The summed E-state index contributed by atoms with van der Waals surface area (Å²) in [5.41, 5.74) is 0. The smallest absolute Gasteiger partial charge is 0.389 e. The molecule has 0 saturated carbocycles. The summed E-state index contributed by atoms with van der Waals surface area (Å²) in [5.74, 6) is 0.00786. The molecule has 5 heteroatoms. The van der Waals surface area contributed by atoms with Gasteiger partial charge in [0.1, 0.15) is 5.76 Å². The molecule has 0 bridgehead atoms. The van der Waals surface area contributed by atoms with Crippen molar-refractivity contribution in [3.05, 3.63) is 23.7 Å². The highest BCUT2D eigenvalue weighted by Crippen LogP contribution is 2.23. The average molecular weight is 220 g/mol. The Bertz CT molecular complexity index is 339. The number of Topliss-reactive ketones (excluding diaryl/α,β-unsaturated/α-hetero) is 1. The molecule has 0 N–H and O–H groups in total. The van der Waals surface area contributed by atoms with E-state index in [-0.39, 0.29) is 5.76 Å². The van der Waals surface area contributed by atoms with Crippen LogP contribution < -0.4 is 0 Å². The number of carbonyl (C=O) groups is 1. The van der Waals surface area contributed by atoms with Gasteiger partial charge in [-0.25, -0.2) is 0 Å². The van der Waals surface area contributed by atoms with Gasteiger partial charge < -0.3 is 4.42 Å². The minimum absolute atomic E-state index is 0.0103. The van der Waals surface area contributed by atoms with Gasteiger partial charge in [0, 0.05) is 12.8 Å². The molecule has 1 aromatic rings. The lowest BCUT2D eigenvalue weighted by Gasteiger charge is -2.03. The quantitative estimate of drug-likeness (QED) is 0.728.